The molecule has 29 heavy (non-hydrogen) atoms. The molecule has 0 aliphatic heterocycles. The van der Waals surface area contributed by atoms with E-state index in [1.54, 1.807) is 16.8 Å². The molecule has 1 aromatic carbocycles. The Morgan fingerprint density at radius 3 is 2.62 bits per heavy atom. The SMILES string of the molecule is CCCn1cc(N/C=C(\C=N)c2ccc(NS(=O)(=O)C3CC3)cc2F)ccc1=O. The van der Waals surface area contributed by atoms with E-state index in [9.17, 15) is 17.6 Å². The van der Waals surface area contributed by atoms with E-state index in [-0.39, 0.29) is 22.4 Å². The van der Waals surface area contributed by atoms with E-state index >= 15 is 0 Å². The topological polar surface area (TPSA) is 104 Å². The van der Waals surface area contributed by atoms with Gasteiger partial charge in [-0.2, -0.15) is 0 Å². The van der Waals surface area contributed by atoms with Crippen LogP contribution in [0.25, 0.3) is 5.57 Å². The number of sulfonamides is 1. The van der Waals surface area contributed by atoms with Gasteiger partial charge in [0.05, 0.1) is 16.6 Å². The van der Waals surface area contributed by atoms with Crippen LogP contribution in [0.5, 0.6) is 0 Å². The van der Waals surface area contributed by atoms with Gasteiger partial charge in [-0.1, -0.05) is 6.92 Å². The van der Waals surface area contributed by atoms with Gasteiger partial charge in [0.25, 0.3) is 5.56 Å². The summed E-state index contributed by atoms with van der Waals surface area (Å²) in [6.45, 7) is 2.55. The molecule has 0 amide bonds. The van der Waals surface area contributed by atoms with Crippen LogP contribution < -0.4 is 15.6 Å². The van der Waals surface area contributed by atoms with Crippen molar-refractivity contribution >= 4 is 33.2 Å². The first-order chi connectivity index (χ1) is 13.8. The van der Waals surface area contributed by atoms with Crippen molar-refractivity contribution in [3.05, 3.63) is 64.5 Å². The average Bonchev–Trinajstić information content (AvgIpc) is 3.52. The van der Waals surface area contributed by atoms with Crippen molar-refractivity contribution in [3.63, 3.8) is 0 Å². The molecule has 1 aromatic heterocycles. The van der Waals surface area contributed by atoms with E-state index in [0.29, 0.717) is 25.1 Å². The van der Waals surface area contributed by atoms with Gasteiger partial charge in [-0.3, -0.25) is 9.52 Å². The van der Waals surface area contributed by atoms with Crippen molar-refractivity contribution in [2.24, 2.45) is 0 Å². The number of nitrogens with one attached hydrogen (secondary N) is 3. The maximum Gasteiger partial charge on any atom is 0.250 e. The number of aromatic nitrogens is 1. The number of allylic oxidation sites excluding steroid dienone is 1. The summed E-state index contributed by atoms with van der Waals surface area (Å²) in [6.07, 6.45) is 6.18. The Bertz CT molecular complexity index is 1100. The van der Waals surface area contributed by atoms with Gasteiger partial charge in [0, 0.05) is 42.4 Å². The summed E-state index contributed by atoms with van der Waals surface area (Å²) in [5.41, 5.74) is 1.11. The Kier molecular flexibility index (Phi) is 6.17. The molecule has 1 fully saturated rings. The fourth-order valence-corrected chi connectivity index (χ4v) is 4.21. The minimum Gasteiger partial charge on any atom is -0.360 e. The zero-order valence-corrected chi connectivity index (χ0v) is 16.8. The van der Waals surface area contributed by atoms with Crippen LogP contribution in [0.4, 0.5) is 15.8 Å². The van der Waals surface area contributed by atoms with Crippen LogP contribution in [-0.4, -0.2) is 24.4 Å². The second-order valence-corrected chi connectivity index (χ2v) is 8.84. The van der Waals surface area contributed by atoms with Gasteiger partial charge in [0.15, 0.2) is 0 Å². The van der Waals surface area contributed by atoms with E-state index in [2.05, 4.69) is 10.0 Å². The molecule has 1 saturated carbocycles. The molecule has 0 unspecified atom stereocenters. The maximum atomic E-state index is 14.6. The first kappa shape index (κ1) is 20.8. The molecule has 1 aliphatic rings. The third kappa shape index (κ3) is 5.11. The highest BCUT2D eigenvalue weighted by Gasteiger charge is 2.35. The summed E-state index contributed by atoms with van der Waals surface area (Å²) in [7, 11) is -3.47. The van der Waals surface area contributed by atoms with Crippen LogP contribution in [0.2, 0.25) is 0 Å². The molecule has 154 valence electrons. The van der Waals surface area contributed by atoms with Crippen LogP contribution >= 0.6 is 0 Å². The fourth-order valence-electron chi connectivity index (χ4n) is 2.83. The largest absolute Gasteiger partial charge is 0.360 e. The lowest BCUT2D eigenvalue weighted by atomic mass is 10.1. The second kappa shape index (κ2) is 8.60. The predicted molar refractivity (Wildman–Crippen MR) is 113 cm³/mol. The summed E-state index contributed by atoms with van der Waals surface area (Å²) < 4.78 is 42.5. The number of anilines is 2. The minimum absolute atomic E-state index is 0.107. The second-order valence-electron chi connectivity index (χ2n) is 6.88. The summed E-state index contributed by atoms with van der Waals surface area (Å²) >= 11 is 0. The van der Waals surface area contributed by atoms with E-state index in [0.717, 1.165) is 18.7 Å². The number of hydrogen-bond donors (Lipinski definition) is 3. The Morgan fingerprint density at radius 1 is 1.28 bits per heavy atom. The van der Waals surface area contributed by atoms with Crippen molar-refractivity contribution < 1.29 is 12.8 Å². The van der Waals surface area contributed by atoms with Crippen LogP contribution in [0.15, 0.2) is 47.5 Å². The molecule has 2 aromatic rings. The number of rotatable bonds is 9. The summed E-state index contributed by atoms with van der Waals surface area (Å²) in [5, 5.41) is 10.2. The van der Waals surface area contributed by atoms with Crippen molar-refractivity contribution in [2.75, 3.05) is 10.0 Å². The monoisotopic (exact) mass is 418 g/mol. The maximum absolute atomic E-state index is 14.6. The highest BCUT2D eigenvalue weighted by molar-refractivity contribution is 7.93. The highest BCUT2D eigenvalue weighted by Crippen LogP contribution is 2.30. The van der Waals surface area contributed by atoms with Gasteiger partial charge in [-0.15, -0.1) is 0 Å². The Hall–Kier alpha value is -2.94. The third-order valence-electron chi connectivity index (χ3n) is 4.50. The molecule has 0 radical (unpaired) electrons. The quantitative estimate of drug-likeness (QED) is 0.543. The molecule has 0 saturated heterocycles. The zero-order chi connectivity index (χ0) is 21.0. The molecule has 7 nitrogen and oxygen atoms in total. The van der Waals surface area contributed by atoms with Gasteiger partial charge >= 0.3 is 0 Å². The van der Waals surface area contributed by atoms with E-state index in [1.165, 1.54) is 24.4 Å². The Morgan fingerprint density at radius 2 is 2.00 bits per heavy atom. The van der Waals surface area contributed by atoms with Gasteiger partial charge < -0.3 is 15.3 Å². The number of nitrogens with zero attached hydrogens (tertiary/aromatic N) is 1. The number of hydrogen-bond acceptors (Lipinski definition) is 5. The number of pyridine rings is 1. The van der Waals surface area contributed by atoms with E-state index in [1.807, 2.05) is 6.92 Å². The lowest BCUT2D eigenvalue weighted by molar-refractivity contribution is 0.600. The van der Waals surface area contributed by atoms with Crippen molar-refractivity contribution in [2.45, 2.75) is 38.0 Å². The smallest absolute Gasteiger partial charge is 0.250 e. The standard InChI is InChI=1S/C20H23FN4O3S/c1-2-9-25-13-16(4-8-20(25)26)23-12-14(11-22)18-7-3-15(10-19(18)21)24-29(27,28)17-5-6-17/h3-4,7-8,10-13,17,22-24H,2,5-6,9H2,1H3/b14-12+,22-11?. The predicted octanol–water partition coefficient (Wildman–Crippen LogP) is 3.40. The average molecular weight is 418 g/mol. The normalized spacial score (nSPS) is 14.5. The molecule has 0 spiro atoms. The highest BCUT2D eigenvalue weighted by atomic mass is 32.2. The molecular formula is C20H23FN4O3S. The molecule has 3 N–H and O–H groups in total. The van der Waals surface area contributed by atoms with Gasteiger partial charge in [0.1, 0.15) is 5.82 Å². The first-order valence-electron chi connectivity index (χ1n) is 9.33. The minimum atomic E-state index is -3.47. The molecule has 3 rings (SSSR count). The Balaban J connectivity index is 1.79. The summed E-state index contributed by atoms with van der Waals surface area (Å²) in [5.74, 6) is -0.645. The van der Waals surface area contributed by atoms with Crippen molar-refractivity contribution in [3.8, 4) is 0 Å². The zero-order valence-electron chi connectivity index (χ0n) is 16.0. The van der Waals surface area contributed by atoms with Crippen molar-refractivity contribution in [1.29, 1.82) is 5.41 Å². The van der Waals surface area contributed by atoms with Crippen LogP contribution in [0, 0.1) is 11.2 Å². The van der Waals surface area contributed by atoms with Crippen LogP contribution in [-0.2, 0) is 16.6 Å². The number of benzene rings is 1. The van der Waals surface area contributed by atoms with Gasteiger partial charge in [0.2, 0.25) is 10.0 Å². The van der Waals surface area contributed by atoms with Crippen molar-refractivity contribution in [1.82, 2.24) is 4.57 Å². The molecular weight excluding hydrogens is 395 g/mol. The fraction of sp³-hybridized carbons (Fsp3) is 0.300. The lowest BCUT2D eigenvalue weighted by Gasteiger charge is -2.11. The molecule has 1 heterocycles. The summed E-state index contributed by atoms with van der Waals surface area (Å²) in [6, 6.07) is 7.05. The van der Waals surface area contributed by atoms with E-state index in [4.69, 9.17) is 5.41 Å². The number of halogens is 1. The first-order valence-corrected chi connectivity index (χ1v) is 10.9. The van der Waals surface area contributed by atoms with Gasteiger partial charge in [-0.05, 0) is 43.5 Å². The molecule has 1 aliphatic carbocycles. The van der Waals surface area contributed by atoms with Crippen LogP contribution in [0.3, 0.4) is 0 Å². The Labute approximate surface area is 168 Å². The molecule has 0 bridgehead atoms. The molecule has 0 atom stereocenters. The number of aryl methyl sites for hydroxylation is 1. The lowest BCUT2D eigenvalue weighted by Crippen LogP contribution is -2.18. The summed E-state index contributed by atoms with van der Waals surface area (Å²) in [4.78, 5) is 11.8. The van der Waals surface area contributed by atoms with E-state index < -0.39 is 21.1 Å². The molecule has 9 heteroatoms. The third-order valence-corrected chi connectivity index (χ3v) is 6.37. The van der Waals surface area contributed by atoms with Crippen LogP contribution in [0.1, 0.15) is 31.7 Å². The van der Waals surface area contributed by atoms with Gasteiger partial charge in [-0.25, -0.2) is 12.8 Å².